The predicted molar refractivity (Wildman–Crippen MR) is 113 cm³/mol. The van der Waals surface area contributed by atoms with Gasteiger partial charge < -0.3 is 19.5 Å². The van der Waals surface area contributed by atoms with Gasteiger partial charge in [-0.2, -0.15) is 0 Å². The van der Waals surface area contributed by atoms with Crippen molar-refractivity contribution in [3.05, 3.63) is 30.1 Å². The molecule has 0 spiro atoms. The largest absolute Gasteiger partial charge is 0.480 e. The maximum atomic E-state index is 13.1. The molecule has 158 valence electrons. The fourth-order valence-corrected chi connectivity index (χ4v) is 4.37. The minimum Gasteiger partial charge on any atom is -0.480 e. The number of hydrogen-bond donors (Lipinski definition) is 1. The summed E-state index contributed by atoms with van der Waals surface area (Å²) < 4.78 is 1.99. The van der Waals surface area contributed by atoms with E-state index in [-0.39, 0.29) is 17.4 Å². The first-order valence-corrected chi connectivity index (χ1v) is 10.3. The molecule has 2 amide bonds. The van der Waals surface area contributed by atoms with Gasteiger partial charge in [-0.25, -0.2) is 14.6 Å². The van der Waals surface area contributed by atoms with Crippen LogP contribution in [0, 0.1) is 11.3 Å². The van der Waals surface area contributed by atoms with Crippen molar-refractivity contribution < 1.29 is 14.7 Å². The molecule has 1 aromatic carbocycles. The number of fused-ring (bicyclic) bond motifs is 1. The smallest absolute Gasteiger partial charge is 0.326 e. The summed E-state index contributed by atoms with van der Waals surface area (Å²) >= 11 is 0. The van der Waals surface area contributed by atoms with Crippen molar-refractivity contribution in [3.8, 4) is 0 Å². The Morgan fingerprint density at radius 2 is 1.93 bits per heavy atom. The van der Waals surface area contributed by atoms with E-state index in [0.717, 1.165) is 29.7 Å². The molecule has 7 heteroatoms. The zero-order valence-corrected chi connectivity index (χ0v) is 18.1. The van der Waals surface area contributed by atoms with Gasteiger partial charge in [0.05, 0.1) is 17.6 Å². The van der Waals surface area contributed by atoms with Gasteiger partial charge in [-0.1, -0.05) is 46.2 Å². The van der Waals surface area contributed by atoms with Gasteiger partial charge in [0.1, 0.15) is 11.9 Å². The average molecular weight is 401 g/mol. The van der Waals surface area contributed by atoms with Crippen LogP contribution in [0.1, 0.15) is 46.4 Å². The lowest BCUT2D eigenvalue weighted by molar-refractivity contribution is -0.144. The molecule has 1 aliphatic heterocycles. The first-order chi connectivity index (χ1) is 13.6. The van der Waals surface area contributed by atoms with E-state index in [2.05, 4.69) is 25.8 Å². The highest BCUT2D eigenvalue weighted by molar-refractivity contribution is 5.84. The van der Waals surface area contributed by atoms with E-state index in [0.29, 0.717) is 19.6 Å². The van der Waals surface area contributed by atoms with Gasteiger partial charge >= 0.3 is 12.0 Å². The molecular weight excluding hydrogens is 368 g/mol. The summed E-state index contributed by atoms with van der Waals surface area (Å²) in [4.78, 5) is 33.2. The molecule has 1 N–H and O–H groups in total. The Bertz CT molecular complexity index is 899. The van der Waals surface area contributed by atoms with Crippen LogP contribution >= 0.6 is 0 Å². The number of carbonyl (C=O) groups excluding carboxylic acids is 1. The van der Waals surface area contributed by atoms with E-state index in [4.69, 9.17) is 0 Å². The van der Waals surface area contributed by atoms with E-state index in [1.54, 1.807) is 9.80 Å². The first-order valence-electron chi connectivity index (χ1n) is 10.3. The fraction of sp³-hybridized carbons (Fsp3) is 0.591. The van der Waals surface area contributed by atoms with Gasteiger partial charge in [0.25, 0.3) is 0 Å². The van der Waals surface area contributed by atoms with Gasteiger partial charge in [0.2, 0.25) is 0 Å². The number of imidazole rings is 1. The number of benzene rings is 1. The van der Waals surface area contributed by atoms with E-state index in [1.807, 2.05) is 42.8 Å². The Hall–Kier alpha value is -2.57. The zero-order chi connectivity index (χ0) is 21.3. The van der Waals surface area contributed by atoms with Gasteiger partial charge in [-0.15, -0.1) is 0 Å². The Morgan fingerprint density at radius 3 is 2.52 bits per heavy atom. The van der Waals surface area contributed by atoms with Gasteiger partial charge in [0.15, 0.2) is 0 Å². The highest BCUT2D eigenvalue weighted by atomic mass is 16.4. The van der Waals surface area contributed by atoms with E-state index in [1.165, 1.54) is 0 Å². The van der Waals surface area contributed by atoms with Crippen LogP contribution in [0.25, 0.3) is 11.0 Å². The Labute approximate surface area is 172 Å². The third-order valence-electron chi connectivity index (χ3n) is 5.77. The number of aliphatic carboxylic acids is 1. The van der Waals surface area contributed by atoms with Gasteiger partial charge in [0, 0.05) is 20.1 Å². The summed E-state index contributed by atoms with van der Waals surface area (Å²) in [5.41, 5.74) is 1.92. The molecule has 0 unspecified atom stereocenters. The topological polar surface area (TPSA) is 78.7 Å². The summed E-state index contributed by atoms with van der Waals surface area (Å²) in [7, 11) is 1.94. The number of para-hydroxylation sites is 2. The first kappa shape index (κ1) is 21.1. The standard InChI is InChI=1S/C22H32N4O3/c1-6-15(13-22(2,3)4)19(20(27)28)26-12-11-25(21(26)29)14-18-23-16-9-7-8-10-17(16)24(18)5/h7-10,15,19H,6,11-14H2,1-5H3,(H,27,28)/t15-,19-/m0/s1. The number of rotatable bonds is 7. The van der Waals surface area contributed by atoms with Crippen molar-refractivity contribution >= 4 is 23.0 Å². The third-order valence-corrected chi connectivity index (χ3v) is 5.77. The number of aromatic nitrogens is 2. The van der Waals surface area contributed by atoms with Crippen LogP contribution in [0.3, 0.4) is 0 Å². The summed E-state index contributed by atoms with van der Waals surface area (Å²) in [5.74, 6) is -0.193. The normalized spacial score (nSPS) is 17.2. The molecule has 1 fully saturated rings. The number of aryl methyl sites for hydroxylation is 1. The van der Waals surface area contributed by atoms with E-state index >= 15 is 0 Å². The second kappa shape index (κ2) is 8.05. The maximum Gasteiger partial charge on any atom is 0.326 e. The van der Waals surface area contributed by atoms with Crippen LogP contribution < -0.4 is 0 Å². The van der Waals surface area contributed by atoms with E-state index < -0.39 is 12.0 Å². The molecule has 1 aromatic heterocycles. The summed E-state index contributed by atoms with van der Waals surface area (Å²) in [6, 6.07) is 6.86. The number of carboxylic acid groups (broad SMARTS) is 1. The molecule has 2 heterocycles. The van der Waals surface area contributed by atoms with Crippen LogP contribution in [0.5, 0.6) is 0 Å². The molecule has 29 heavy (non-hydrogen) atoms. The van der Waals surface area contributed by atoms with Crippen molar-refractivity contribution in [3.63, 3.8) is 0 Å². The number of amides is 2. The molecule has 3 rings (SSSR count). The molecule has 7 nitrogen and oxygen atoms in total. The van der Waals surface area contributed by atoms with Crippen molar-refractivity contribution in [1.29, 1.82) is 0 Å². The number of carbonyl (C=O) groups is 2. The molecular formula is C22H32N4O3. The number of hydrogen-bond acceptors (Lipinski definition) is 3. The molecule has 0 bridgehead atoms. The SMILES string of the molecule is CC[C@@H](CC(C)(C)C)[C@@H](C(=O)O)N1CCN(Cc2nc3ccccc3n2C)C1=O. The van der Waals surface area contributed by atoms with Crippen LogP contribution in [-0.4, -0.2) is 55.6 Å². The minimum atomic E-state index is -0.918. The number of urea groups is 1. The van der Waals surface area contributed by atoms with Crippen LogP contribution in [0.2, 0.25) is 0 Å². The quantitative estimate of drug-likeness (QED) is 0.768. The Morgan fingerprint density at radius 1 is 1.24 bits per heavy atom. The second-order valence-corrected chi connectivity index (χ2v) is 9.19. The van der Waals surface area contributed by atoms with E-state index in [9.17, 15) is 14.7 Å². The van der Waals surface area contributed by atoms with Crippen molar-refractivity contribution in [2.75, 3.05) is 13.1 Å². The average Bonchev–Trinajstić information content (AvgIpc) is 3.15. The molecule has 2 aromatic rings. The number of nitrogens with zero attached hydrogens (tertiary/aromatic N) is 4. The molecule has 0 saturated carbocycles. The molecule has 1 saturated heterocycles. The molecule has 1 aliphatic rings. The van der Waals surface area contributed by atoms with Crippen molar-refractivity contribution in [2.45, 2.75) is 53.1 Å². The lowest BCUT2D eigenvalue weighted by Crippen LogP contribution is -2.49. The monoisotopic (exact) mass is 400 g/mol. The van der Waals surface area contributed by atoms with Gasteiger partial charge in [-0.3, -0.25) is 0 Å². The predicted octanol–water partition coefficient (Wildman–Crippen LogP) is 3.73. The van der Waals surface area contributed by atoms with Gasteiger partial charge in [-0.05, 0) is 29.9 Å². The Balaban J connectivity index is 1.79. The van der Waals surface area contributed by atoms with Crippen LogP contribution in [-0.2, 0) is 18.4 Å². The molecule has 2 atom stereocenters. The van der Waals surface area contributed by atoms with Crippen molar-refractivity contribution in [2.24, 2.45) is 18.4 Å². The highest BCUT2D eigenvalue weighted by Gasteiger charge is 2.42. The zero-order valence-electron chi connectivity index (χ0n) is 18.1. The number of carboxylic acids is 1. The lowest BCUT2D eigenvalue weighted by Gasteiger charge is -2.34. The Kier molecular flexibility index (Phi) is 5.87. The fourth-order valence-electron chi connectivity index (χ4n) is 4.37. The molecule has 0 aliphatic carbocycles. The maximum absolute atomic E-state index is 13.1. The highest BCUT2D eigenvalue weighted by Crippen LogP contribution is 2.32. The summed E-state index contributed by atoms with van der Waals surface area (Å²) in [6.07, 6.45) is 1.48. The molecule has 0 radical (unpaired) electrons. The summed E-state index contributed by atoms with van der Waals surface area (Å²) in [5, 5.41) is 9.94. The summed E-state index contributed by atoms with van der Waals surface area (Å²) in [6.45, 7) is 9.65. The van der Waals surface area contributed by atoms with Crippen molar-refractivity contribution in [1.82, 2.24) is 19.4 Å². The minimum absolute atomic E-state index is 0.00387. The third kappa shape index (κ3) is 4.38. The van der Waals surface area contributed by atoms with Crippen LogP contribution in [0.15, 0.2) is 24.3 Å². The lowest BCUT2D eigenvalue weighted by atomic mass is 9.79. The van der Waals surface area contributed by atoms with Crippen LogP contribution in [0.4, 0.5) is 4.79 Å². The second-order valence-electron chi connectivity index (χ2n) is 9.19.